The van der Waals surface area contributed by atoms with E-state index in [2.05, 4.69) is 17.2 Å². The van der Waals surface area contributed by atoms with Crippen molar-refractivity contribution in [2.75, 3.05) is 6.54 Å². The Morgan fingerprint density at radius 3 is 2.88 bits per heavy atom. The SMILES string of the molecule is CC1CC(CN)(C(=O)NCc2nccn2C)C1. The molecule has 5 heteroatoms. The molecule has 1 aromatic heterocycles. The van der Waals surface area contributed by atoms with Gasteiger partial charge >= 0.3 is 0 Å². The Labute approximate surface area is 101 Å². The van der Waals surface area contributed by atoms with E-state index in [1.165, 1.54) is 0 Å². The normalized spacial score (nSPS) is 27.6. The van der Waals surface area contributed by atoms with Gasteiger partial charge in [0.2, 0.25) is 5.91 Å². The van der Waals surface area contributed by atoms with E-state index in [0.29, 0.717) is 19.0 Å². The Bertz CT molecular complexity index is 406. The molecule has 1 heterocycles. The van der Waals surface area contributed by atoms with Gasteiger partial charge in [-0.05, 0) is 18.8 Å². The molecule has 1 fully saturated rings. The van der Waals surface area contributed by atoms with Crippen LogP contribution in [0.1, 0.15) is 25.6 Å². The summed E-state index contributed by atoms with van der Waals surface area (Å²) < 4.78 is 1.90. The van der Waals surface area contributed by atoms with E-state index in [9.17, 15) is 4.79 Å². The summed E-state index contributed by atoms with van der Waals surface area (Å²) in [5, 5.41) is 2.94. The molecule has 94 valence electrons. The molecule has 0 unspecified atom stereocenters. The van der Waals surface area contributed by atoms with Crippen LogP contribution in [0.3, 0.4) is 0 Å². The molecule has 0 spiro atoms. The summed E-state index contributed by atoms with van der Waals surface area (Å²) in [4.78, 5) is 16.3. The number of carbonyl (C=O) groups is 1. The molecule has 1 aromatic rings. The highest BCUT2D eigenvalue weighted by atomic mass is 16.2. The molecular weight excluding hydrogens is 216 g/mol. The van der Waals surface area contributed by atoms with Gasteiger partial charge in [0.1, 0.15) is 5.82 Å². The summed E-state index contributed by atoms with van der Waals surface area (Å²) >= 11 is 0. The fourth-order valence-electron chi connectivity index (χ4n) is 2.63. The van der Waals surface area contributed by atoms with Crippen LogP contribution in [0.25, 0.3) is 0 Å². The number of imidazole rings is 1. The molecule has 5 nitrogen and oxygen atoms in total. The van der Waals surface area contributed by atoms with E-state index in [1.54, 1.807) is 6.20 Å². The van der Waals surface area contributed by atoms with Gasteiger partial charge in [0.05, 0.1) is 12.0 Å². The van der Waals surface area contributed by atoms with Crippen molar-refractivity contribution < 1.29 is 4.79 Å². The summed E-state index contributed by atoms with van der Waals surface area (Å²) in [6.07, 6.45) is 5.39. The fourth-order valence-corrected chi connectivity index (χ4v) is 2.63. The number of aromatic nitrogens is 2. The minimum absolute atomic E-state index is 0.0705. The number of hydrogen-bond donors (Lipinski definition) is 2. The van der Waals surface area contributed by atoms with E-state index >= 15 is 0 Å². The molecule has 0 radical (unpaired) electrons. The number of nitrogens with zero attached hydrogens (tertiary/aromatic N) is 2. The second-order valence-electron chi connectivity index (χ2n) is 5.13. The third kappa shape index (κ3) is 2.20. The topological polar surface area (TPSA) is 72.9 Å². The first-order valence-electron chi connectivity index (χ1n) is 6.02. The second kappa shape index (κ2) is 4.49. The third-order valence-electron chi connectivity index (χ3n) is 3.68. The standard InChI is InChI=1S/C12H20N4O/c1-9-5-12(6-9,8-13)11(17)15-7-10-14-3-4-16(10)2/h3-4,9H,5-8,13H2,1-2H3,(H,15,17). The molecule has 1 amide bonds. The zero-order valence-corrected chi connectivity index (χ0v) is 10.4. The number of nitrogens with two attached hydrogens (primary N) is 1. The number of nitrogens with one attached hydrogen (secondary N) is 1. The molecule has 1 saturated carbocycles. The zero-order valence-electron chi connectivity index (χ0n) is 10.4. The first kappa shape index (κ1) is 12.1. The van der Waals surface area contributed by atoms with E-state index in [-0.39, 0.29) is 11.3 Å². The highest BCUT2D eigenvalue weighted by molar-refractivity contribution is 5.83. The Morgan fingerprint density at radius 1 is 1.71 bits per heavy atom. The largest absolute Gasteiger partial charge is 0.348 e. The van der Waals surface area contributed by atoms with Crippen molar-refractivity contribution in [2.45, 2.75) is 26.3 Å². The highest BCUT2D eigenvalue weighted by Gasteiger charge is 2.46. The molecule has 0 atom stereocenters. The smallest absolute Gasteiger partial charge is 0.227 e. The van der Waals surface area contributed by atoms with Crippen LogP contribution in [-0.4, -0.2) is 22.0 Å². The molecule has 0 aliphatic heterocycles. The van der Waals surface area contributed by atoms with Crippen molar-refractivity contribution >= 4 is 5.91 Å². The number of rotatable bonds is 4. The van der Waals surface area contributed by atoms with E-state index in [1.807, 2.05) is 17.8 Å². The lowest BCUT2D eigenvalue weighted by atomic mass is 9.62. The molecule has 1 aliphatic rings. The van der Waals surface area contributed by atoms with Crippen molar-refractivity contribution in [3.63, 3.8) is 0 Å². The van der Waals surface area contributed by atoms with Crippen LogP contribution in [0, 0.1) is 11.3 Å². The average Bonchev–Trinajstić information content (AvgIpc) is 2.67. The van der Waals surface area contributed by atoms with Crippen LogP contribution in [-0.2, 0) is 18.4 Å². The lowest BCUT2D eigenvalue weighted by Gasteiger charge is -2.44. The van der Waals surface area contributed by atoms with Crippen LogP contribution in [0.5, 0.6) is 0 Å². The third-order valence-corrected chi connectivity index (χ3v) is 3.68. The molecule has 1 aliphatic carbocycles. The van der Waals surface area contributed by atoms with Crippen molar-refractivity contribution in [3.05, 3.63) is 18.2 Å². The highest BCUT2D eigenvalue weighted by Crippen LogP contribution is 2.44. The second-order valence-corrected chi connectivity index (χ2v) is 5.13. The van der Waals surface area contributed by atoms with Gasteiger partial charge in [0.15, 0.2) is 0 Å². The monoisotopic (exact) mass is 236 g/mol. The summed E-state index contributed by atoms with van der Waals surface area (Å²) in [6, 6.07) is 0. The average molecular weight is 236 g/mol. The van der Waals surface area contributed by atoms with Gasteiger partial charge in [-0.1, -0.05) is 6.92 Å². The van der Waals surface area contributed by atoms with Crippen LogP contribution in [0.2, 0.25) is 0 Å². The molecule has 3 N–H and O–H groups in total. The van der Waals surface area contributed by atoms with Crippen LogP contribution < -0.4 is 11.1 Å². The number of carbonyl (C=O) groups excluding carboxylic acids is 1. The number of aryl methyl sites for hydroxylation is 1. The van der Waals surface area contributed by atoms with Crippen molar-refractivity contribution in [2.24, 2.45) is 24.1 Å². The van der Waals surface area contributed by atoms with Gasteiger partial charge in [-0.2, -0.15) is 0 Å². The minimum atomic E-state index is -0.329. The maximum atomic E-state index is 12.1. The Hall–Kier alpha value is -1.36. The summed E-state index contributed by atoms with van der Waals surface area (Å²) in [5.74, 6) is 1.54. The van der Waals surface area contributed by atoms with Gasteiger partial charge in [0, 0.05) is 26.0 Å². The zero-order chi connectivity index (χ0) is 12.5. The maximum absolute atomic E-state index is 12.1. The summed E-state index contributed by atoms with van der Waals surface area (Å²) in [5.41, 5.74) is 5.40. The first-order chi connectivity index (χ1) is 8.07. The maximum Gasteiger partial charge on any atom is 0.227 e. The Balaban J connectivity index is 1.91. The first-order valence-corrected chi connectivity index (χ1v) is 6.02. The molecule has 0 bridgehead atoms. The number of hydrogen-bond acceptors (Lipinski definition) is 3. The van der Waals surface area contributed by atoms with Gasteiger partial charge < -0.3 is 15.6 Å². The molecular formula is C12H20N4O. The van der Waals surface area contributed by atoms with Crippen molar-refractivity contribution in [3.8, 4) is 0 Å². The number of amides is 1. The van der Waals surface area contributed by atoms with E-state index in [0.717, 1.165) is 18.7 Å². The van der Waals surface area contributed by atoms with Crippen LogP contribution in [0.15, 0.2) is 12.4 Å². The van der Waals surface area contributed by atoms with E-state index < -0.39 is 0 Å². The molecule has 17 heavy (non-hydrogen) atoms. The van der Waals surface area contributed by atoms with Gasteiger partial charge in [-0.3, -0.25) is 4.79 Å². The van der Waals surface area contributed by atoms with Crippen molar-refractivity contribution in [1.82, 2.24) is 14.9 Å². The van der Waals surface area contributed by atoms with Gasteiger partial charge in [0.25, 0.3) is 0 Å². The molecule has 0 saturated heterocycles. The van der Waals surface area contributed by atoms with Crippen LogP contribution in [0.4, 0.5) is 0 Å². The van der Waals surface area contributed by atoms with Gasteiger partial charge in [-0.15, -0.1) is 0 Å². The summed E-state index contributed by atoms with van der Waals surface area (Å²) in [7, 11) is 1.92. The predicted molar refractivity (Wildman–Crippen MR) is 64.9 cm³/mol. The molecule has 2 rings (SSSR count). The lowest BCUT2D eigenvalue weighted by Crippen LogP contribution is -2.53. The Morgan fingerprint density at radius 2 is 2.41 bits per heavy atom. The Kier molecular flexibility index (Phi) is 3.19. The predicted octanol–water partition coefficient (Wildman–Crippen LogP) is 0.411. The molecule has 0 aromatic carbocycles. The van der Waals surface area contributed by atoms with Crippen molar-refractivity contribution in [1.29, 1.82) is 0 Å². The van der Waals surface area contributed by atoms with E-state index in [4.69, 9.17) is 5.73 Å². The lowest BCUT2D eigenvalue weighted by molar-refractivity contribution is -0.138. The minimum Gasteiger partial charge on any atom is -0.348 e. The quantitative estimate of drug-likeness (QED) is 0.795. The fraction of sp³-hybridized carbons (Fsp3) is 0.667. The van der Waals surface area contributed by atoms with Gasteiger partial charge in [-0.25, -0.2) is 4.98 Å². The summed E-state index contributed by atoms with van der Waals surface area (Å²) in [6.45, 7) is 3.06. The van der Waals surface area contributed by atoms with Crippen LogP contribution >= 0.6 is 0 Å².